The van der Waals surface area contributed by atoms with Crippen molar-refractivity contribution >= 4 is 39.4 Å². The highest BCUT2D eigenvalue weighted by Gasteiger charge is 2.15. The van der Waals surface area contributed by atoms with Crippen LogP contribution in [0.2, 0.25) is 0 Å². The first-order valence-corrected chi connectivity index (χ1v) is 10.9. The van der Waals surface area contributed by atoms with Crippen LogP contribution in [0.3, 0.4) is 0 Å². The van der Waals surface area contributed by atoms with Crippen molar-refractivity contribution in [2.45, 2.75) is 6.61 Å². The molecule has 3 aromatic carbocycles. The molecule has 1 heterocycles. The summed E-state index contributed by atoms with van der Waals surface area (Å²) in [5, 5.41) is 13.0. The van der Waals surface area contributed by atoms with E-state index in [0.717, 1.165) is 21.4 Å². The molecule has 0 spiro atoms. The molecule has 33 heavy (non-hydrogen) atoms. The number of carboxylic acid groups (broad SMARTS) is 1. The number of ether oxygens (including phenoxy) is 2. The first-order chi connectivity index (χ1) is 16.0. The Kier molecular flexibility index (Phi) is 6.71. The fraction of sp³-hybridized carbons (Fsp3) is 0.0769. The highest BCUT2D eigenvalue weighted by molar-refractivity contribution is 7.20. The SMILES string of the molecule is COc1cccc(COc2ccc(/C=C(\NC(=O)c3cc4ccccc4s3)C(=O)O)cc2)c1. The van der Waals surface area contributed by atoms with Crippen molar-refractivity contribution in [3.8, 4) is 11.5 Å². The molecular weight excluding hydrogens is 438 g/mol. The van der Waals surface area contributed by atoms with E-state index in [1.807, 2.05) is 48.5 Å². The third-order valence-corrected chi connectivity index (χ3v) is 5.97. The van der Waals surface area contributed by atoms with E-state index in [0.29, 0.717) is 22.8 Å². The lowest BCUT2D eigenvalue weighted by Crippen LogP contribution is -2.26. The summed E-state index contributed by atoms with van der Waals surface area (Å²) in [7, 11) is 1.61. The lowest BCUT2D eigenvalue weighted by molar-refractivity contribution is -0.132. The monoisotopic (exact) mass is 459 g/mol. The molecule has 4 rings (SSSR count). The number of amides is 1. The average Bonchev–Trinajstić information content (AvgIpc) is 3.28. The summed E-state index contributed by atoms with van der Waals surface area (Å²) in [6, 6.07) is 23.9. The van der Waals surface area contributed by atoms with Gasteiger partial charge in [0.15, 0.2) is 0 Å². The van der Waals surface area contributed by atoms with Crippen LogP contribution in [-0.4, -0.2) is 24.1 Å². The smallest absolute Gasteiger partial charge is 0.352 e. The predicted octanol–water partition coefficient (Wildman–Crippen LogP) is 5.34. The van der Waals surface area contributed by atoms with E-state index in [-0.39, 0.29) is 5.70 Å². The zero-order valence-corrected chi connectivity index (χ0v) is 18.6. The van der Waals surface area contributed by atoms with E-state index in [1.54, 1.807) is 37.4 Å². The lowest BCUT2D eigenvalue weighted by atomic mass is 10.1. The molecule has 1 amide bonds. The van der Waals surface area contributed by atoms with E-state index in [2.05, 4.69) is 5.32 Å². The molecule has 0 atom stereocenters. The Hall–Kier alpha value is -4.10. The van der Waals surface area contributed by atoms with Crippen LogP contribution < -0.4 is 14.8 Å². The summed E-state index contributed by atoms with van der Waals surface area (Å²) in [6.07, 6.45) is 1.42. The molecule has 7 heteroatoms. The number of carbonyl (C=O) groups excluding carboxylic acids is 1. The van der Waals surface area contributed by atoms with Crippen LogP contribution in [0, 0.1) is 0 Å². The molecule has 0 fully saturated rings. The maximum absolute atomic E-state index is 12.6. The number of carbonyl (C=O) groups is 2. The second kappa shape index (κ2) is 10.0. The third kappa shape index (κ3) is 5.58. The molecule has 166 valence electrons. The minimum atomic E-state index is -1.22. The second-order valence-corrected chi connectivity index (χ2v) is 8.26. The van der Waals surface area contributed by atoms with Gasteiger partial charge < -0.3 is 19.9 Å². The molecule has 6 nitrogen and oxygen atoms in total. The second-order valence-electron chi connectivity index (χ2n) is 7.18. The van der Waals surface area contributed by atoms with Gasteiger partial charge in [-0.2, -0.15) is 0 Å². The van der Waals surface area contributed by atoms with Crippen molar-refractivity contribution in [2.75, 3.05) is 7.11 Å². The number of thiophene rings is 1. The molecule has 1 aromatic heterocycles. The van der Waals surface area contributed by atoms with Crippen molar-refractivity contribution < 1.29 is 24.2 Å². The number of rotatable bonds is 8. The molecule has 0 aliphatic rings. The van der Waals surface area contributed by atoms with Gasteiger partial charge in [-0.1, -0.05) is 42.5 Å². The van der Waals surface area contributed by atoms with Gasteiger partial charge in [0.25, 0.3) is 5.91 Å². The summed E-state index contributed by atoms with van der Waals surface area (Å²) < 4.78 is 12.0. The third-order valence-electron chi connectivity index (χ3n) is 4.86. The van der Waals surface area contributed by atoms with Crippen molar-refractivity contribution in [3.05, 3.63) is 101 Å². The average molecular weight is 460 g/mol. The van der Waals surface area contributed by atoms with Gasteiger partial charge >= 0.3 is 5.97 Å². The standard InChI is InChI=1S/C26H21NO5S/c1-31-21-7-4-5-18(13-21)16-32-20-11-9-17(10-12-20)14-22(26(29)30)27-25(28)24-15-19-6-2-3-8-23(19)33-24/h2-15H,16H2,1H3,(H,27,28)(H,29,30)/b22-14-. The van der Waals surface area contributed by atoms with Gasteiger partial charge in [0.05, 0.1) is 12.0 Å². The number of fused-ring (bicyclic) bond motifs is 1. The lowest BCUT2D eigenvalue weighted by Gasteiger charge is -2.08. The van der Waals surface area contributed by atoms with Gasteiger partial charge in [-0.05, 0) is 59.0 Å². The number of benzene rings is 3. The number of carboxylic acids is 1. The normalized spacial score (nSPS) is 11.2. The molecule has 0 unspecified atom stereocenters. The Morgan fingerprint density at radius 2 is 1.76 bits per heavy atom. The van der Waals surface area contributed by atoms with E-state index in [1.165, 1.54) is 17.4 Å². The Bertz CT molecular complexity index is 1290. The van der Waals surface area contributed by atoms with Crippen LogP contribution in [0.25, 0.3) is 16.2 Å². The number of nitrogens with one attached hydrogen (secondary N) is 1. The highest BCUT2D eigenvalue weighted by Crippen LogP contribution is 2.25. The van der Waals surface area contributed by atoms with Gasteiger partial charge in [-0.15, -0.1) is 11.3 Å². The van der Waals surface area contributed by atoms with E-state index in [9.17, 15) is 14.7 Å². The summed E-state index contributed by atoms with van der Waals surface area (Å²) >= 11 is 1.32. The number of methoxy groups -OCH3 is 1. The van der Waals surface area contributed by atoms with Gasteiger partial charge in [0, 0.05) is 4.70 Å². The van der Waals surface area contributed by atoms with Crippen LogP contribution in [0.5, 0.6) is 11.5 Å². The van der Waals surface area contributed by atoms with Crippen LogP contribution in [0.15, 0.2) is 84.6 Å². The first-order valence-electron chi connectivity index (χ1n) is 10.1. The first kappa shape index (κ1) is 22.1. The fourth-order valence-electron chi connectivity index (χ4n) is 3.18. The number of hydrogen-bond acceptors (Lipinski definition) is 5. The van der Waals surface area contributed by atoms with Crippen LogP contribution >= 0.6 is 11.3 Å². The van der Waals surface area contributed by atoms with Gasteiger partial charge in [0.2, 0.25) is 0 Å². The molecule has 0 saturated heterocycles. The predicted molar refractivity (Wildman–Crippen MR) is 129 cm³/mol. The van der Waals surface area contributed by atoms with Crippen molar-refractivity contribution in [3.63, 3.8) is 0 Å². The topological polar surface area (TPSA) is 84.9 Å². The largest absolute Gasteiger partial charge is 0.497 e. The maximum atomic E-state index is 12.6. The number of aliphatic carboxylic acids is 1. The van der Waals surface area contributed by atoms with Crippen molar-refractivity contribution in [1.29, 1.82) is 0 Å². The molecule has 0 aliphatic heterocycles. The highest BCUT2D eigenvalue weighted by atomic mass is 32.1. The Morgan fingerprint density at radius 3 is 2.48 bits per heavy atom. The molecule has 0 radical (unpaired) electrons. The minimum Gasteiger partial charge on any atom is -0.497 e. The molecule has 0 bridgehead atoms. The van der Waals surface area contributed by atoms with Crippen LogP contribution in [-0.2, 0) is 11.4 Å². The van der Waals surface area contributed by atoms with Crippen LogP contribution in [0.4, 0.5) is 0 Å². The maximum Gasteiger partial charge on any atom is 0.352 e. The summed E-state index contributed by atoms with van der Waals surface area (Å²) in [4.78, 5) is 24.8. The van der Waals surface area contributed by atoms with Crippen molar-refractivity contribution in [2.24, 2.45) is 0 Å². The van der Waals surface area contributed by atoms with Crippen molar-refractivity contribution in [1.82, 2.24) is 5.32 Å². The van der Waals surface area contributed by atoms with E-state index >= 15 is 0 Å². The van der Waals surface area contributed by atoms with Gasteiger partial charge in [-0.25, -0.2) is 4.79 Å². The van der Waals surface area contributed by atoms with Gasteiger partial charge in [0.1, 0.15) is 23.8 Å². The van der Waals surface area contributed by atoms with Crippen LogP contribution in [0.1, 0.15) is 20.8 Å². The fourth-order valence-corrected chi connectivity index (χ4v) is 4.14. The Morgan fingerprint density at radius 1 is 0.970 bits per heavy atom. The zero-order chi connectivity index (χ0) is 23.2. The summed E-state index contributed by atoms with van der Waals surface area (Å²) in [6.45, 7) is 0.373. The summed E-state index contributed by atoms with van der Waals surface area (Å²) in [5.74, 6) is -0.275. The zero-order valence-electron chi connectivity index (χ0n) is 17.8. The quantitative estimate of drug-likeness (QED) is 0.347. The molecule has 0 aliphatic carbocycles. The molecule has 2 N–H and O–H groups in total. The number of hydrogen-bond donors (Lipinski definition) is 2. The molecule has 0 saturated carbocycles. The minimum absolute atomic E-state index is 0.206. The molecule has 4 aromatic rings. The summed E-state index contributed by atoms with van der Waals surface area (Å²) in [5.41, 5.74) is 1.38. The van der Waals surface area contributed by atoms with E-state index in [4.69, 9.17) is 9.47 Å². The Balaban J connectivity index is 1.43. The van der Waals surface area contributed by atoms with E-state index < -0.39 is 11.9 Å². The van der Waals surface area contributed by atoms with Gasteiger partial charge in [-0.3, -0.25) is 4.79 Å². The Labute approximate surface area is 194 Å². The molecular formula is C26H21NO5S.